The summed E-state index contributed by atoms with van der Waals surface area (Å²) < 4.78 is 3.80. The predicted molar refractivity (Wildman–Crippen MR) is 59.6 cm³/mol. The van der Waals surface area contributed by atoms with Gasteiger partial charge in [0.15, 0.2) is 0 Å². The van der Waals surface area contributed by atoms with Crippen LogP contribution in [0, 0.1) is 0 Å². The topological polar surface area (TPSA) is 50.7 Å². The van der Waals surface area contributed by atoms with Crippen molar-refractivity contribution >= 4 is 11.5 Å². The van der Waals surface area contributed by atoms with Crippen molar-refractivity contribution in [1.82, 2.24) is 19.9 Å². The summed E-state index contributed by atoms with van der Waals surface area (Å²) in [6, 6.07) is 5.97. The molecule has 0 fully saturated rings. The summed E-state index contributed by atoms with van der Waals surface area (Å²) in [4.78, 5) is 4.25. The Balaban J connectivity index is 1.68. The van der Waals surface area contributed by atoms with E-state index in [0.717, 1.165) is 30.9 Å². The third-order valence-corrected chi connectivity index (χ3v) is 2.55. The number of pyridine rings is 1. The number of aromatic nitrogens is 3. The molecular weight excluding hydrogens is 208 g/mol. The zero-order valence-corrected chi connectivity index (χ0v) is 9.07. The minimum absolute atomic E-state index is 0.781. The highest BCUT2D eigenvalue weighted by molar-refractivity contribution is 7.03. The third kappa shape index (κ3) is 3.38. The molecule has 0 bridgehead atoms. The summed E-state index contributed by atoms with van der Waals surface area (Å²) in [5.41, 5.74) is 2.11. The smallest absolute Gasteiger partial charge is 0.0893 e. The fourth-order valence-corrected chi connectivity index (χ4v) is 1.69. The van der Waals surface area contributed by atoms with Crippen LogP contribution in [0.2, 0.25) is 0 Å². The van der Waals surface area contributed by atoms with Crippen LogP contribution in [-0.2, 0) is 13.0 Å². The molecule has 0 aliphatic carbocycles. The Kier molecular flexibility index (Phi) is 3.76. The van der Waals surface area contributed by atoms with Crippen LogP contribution in [0.3, 0.4) is 0 Å². The van der Waals surface area contributed by atoms with Crippen molar-refractivity contribution in [3.05, 3.63) is 41.2 Å². The van der Waals surface area contributed by atoms with E-state index in [-0.39, 0.29) is 0 Å². The number of nitrogens with zero attached hydrogens (tertiary/aromatic N) is 3. The summed E-state index contributed by atoms with van der Waals surface area (Å²) in [6.07, 6.45) is 2.76. The first-order valence-corrected chi connectivity index (χ1v) is 5.65. The third-order valence-electron chi connectivity index (χ3n) is 2.00. The molecule has 2 aromatic heterocycles. The maximum atomic E-state index is 4.25. The molecule has 2 aromatic rings. The number of rotatable bonds is 5. The molecule has 0 spiro atoms. The van der Waals surface area contributed by atoms with Crippen LogP contribution < -0.4 is 5.32 Å². The van der Waals surface area contributed by atoms with Crippen LogP contribution >= 0.6 is 11.5 Å². The minimum Gasteiger partial charge on any atom is -0.311 e. The molecule has 0 radical (unpaired) electrons. The van der Waals surface area contributed by atoms with Crippen LogP contribution in [0.4, 0.5) is 0 Å². The van der Waals surface area contributed by atoms with E-state index in [9.17, 15) is 0 Å². The van der Waals surface area contributed by atoms with E-state index >= 15 is 0 Å². The second-order valence-corrected chi connectivity index (χ2v) is 3.75. The van der Waals surface area contributed by atoms with Crippen molar-refractivity contribution < 1.29 is 0 Å². The molecule has 0 saturated heterocycles. The number of nitrogens with one attached hydrogen (secondary N) is 1. The monoisotopic (exact) mass is 220 g/mol. The van der Waals surface area contributed by atoms with Crippen molar-refractivity contribution in [3.8, 4) is 0 Å². The first kappa shape index (κ1) is 10.2. The van der Waals surface area contributed by atoms with Gasteiger partial charge in [-0.2, -0.15) is 0 Å². The van der Waals surface area contributed by atoms with E-state index < -0.39 is 0 Å². The van der Waals surface area contributed by atoms with Gasteiger partial charge in [-0.15, -0.1) is 5.10 Å². The lowest BCUT2D eigenvalue weighted by atomic mass is 10.3. The molecule has 0 aliphatic heterocycles. The van der Waals surface area contributed by atoms with Gasteiger partial charge in [-0.05, 0) is 23.7 Å². The summed E-state index contributed by atoms with van der Waals surface area (Å²) in [5, 5.41) is 9.20. The molecule has 0 aliphatic rings. The molecule has 4 nitrogen and oxygen atoms in total. The first-order valence-electron chi connectivity index (χ1n) is 4.82. The highest BCUT2D eigenvalue weighted by Crippen LogP contribution is 1.96. The summed E-state index contributed by atoms with van der Waals surface area (Å²) in [6.45, 7) is 1.69. The van der Waals surface area contributed by atoms with Crippen molar-refractivity contribution in [2.24, 2.45) is 0 Å². The average molecular weight is 220 g/mol. The van der Waals surface area contributed by atoms with Gasteiger partial charge in [0.05, 0.1) is 5.69 Å². The maximum absolute atomic E-state index is 4.25. The second kappa shape index (κ2) is 5.53. The van der Waals surface area contributed by atoms with Crippen LogP contribution in [0.1, 0.15) is 11.4 Å². The van der Waals surface area contributed by atoms with Crippen LogP contribution in [0.5, 0.6) is 0 Å². The maximum Gasteiger partial charge on any atom is 0.0893 e. The quantitative estimate of drug-likeness (QED) is 0.771. The van der Waals surface area contributed by atoms with Gasteiger partial charge in [-0.1, -0.05) is 10.6 Å². The Morgan fingerprint density at radius 1 is 1.27 bits per heavy atom. The molecule has 0 saturated carbocycles. The normalized spacial score (nSPS) is 10.4. The summed E-state index contributed by atoms with van der Waals surface area (Å²) >= 11 is 1.38. The Morgan fingerprint density at radius 2 is 2.27 bits per heavy atom. The first-order chi connectivity index (χ1) is 7.45. The van der Waals surface area contributed by atoms with Crippen LogP contribution in [0.25, 0.3) is 0 Å². The molecule has 0 aromatic carbocycles. The second-order valence-electron chi connectivity index (χ2n) is 3.14. The molecule has 0 unspecified atom stereocenters. The van der Waals surface area contributed by atoms with Crippen LogP contribution in [0.15, 0.2) is 29.8 Å². The lowest BCUT2D eigenvalue weighted by molar-refractivity contribution is 0.667. The Bertz CT molecular complexity index is 374. The highest BCUT2D eigenvalue weighted by Gasteiger charge is 1.96. The predicted octanol–water partition coefficient (Wildman–Crippen LogP) is 1.27. The fraction of sp³-hybridized carbons (Fsp3) is 0.300. The van der Waals surface area contributed by atoms with Gasteiger partial charge < -0.3 is 5.32 Å². The Hall–Kier alpha value is -1.33. The van der Waals surface area contributed by atoms with E-state index in [4.69, 9.17) is 0 Å². The fourth-order valence-electron chi connectivity index (χ4n) is 1.24. The van der Waals surface area contributed by atoms with E-state index in [2.05, 4.69) is 19.9 Å². The SMILES string of the molecule is c1ccc(CCNCc2csnn2)nc1. The summed E-state index contributed by atoms with van der Waals surface area (Å²) in [7, 11) is 0. The van der Waals surface area contributed by atoms with Crippen molar-refractivity contribution in [3.63, 3.8) is 0 Å². The van der Waals surface area contributed by atoms with E-state index in [1.807, 2.05) is 29.8 Å². The average Bonchev–Trinajstić information content (AvgIpc) is 2.79. The lowest BCUT2D eigenvalue weighted by Crippen LogP contribution is -2.17. The van der Waals surface area contributed by atoms with Crippen molar-refractivity contribution in [2.45, 2.75) is 13.0 Å². The van der Waals surface area contributed by atoms with E-state index in [0.29, 0.717) is 0 Å². The number of hydrogen-bond donors (Lipinski definition) is 1. The summed E-state index contributed by atoms with van der Waals surface area (Å²) in [5.74, 6) is 0. The van der Waals surface area contributed by atoms with Gasteiger partial charge >= 0.3 is 0 Å². The largest absolute Gasteiger partial charge is 0.311 e. The zero-order valence-electron chi connectivity index (χ0n) is 8.26. The van der Waals surface area contributed by atoms with Crippen molar-refractivity contribution in [2.75, 3.05) is 6.54 Å². The molecule has 15 heavy (non-hydrogen) atoms. The molecule has 0 atom stereocenters. The molecule has 78 valence electrons. The van der Waals surface area contributed by atoms with Gasteiger partial charge in [0.25, 0.3) is 0 Å². The Morgan fingerprint density at radius 3 is 3.00 bits per heavy atom. The number of hydrogen-bond acceptors (Lipinski definition) is 5. The molecule has 2 heterocycles. The van der Waals surface area contributed by atoms with Gasteiger partial charge in [-0.3, -0.25) is 4.98 Å². The van der Waals surface area contributed by atoms with Gasteiger partial charge in [-0.25, -0.2) is 0 Å². The van der Waals surface area contributed by atoms with Crippen molar-refractivity contribution in [1.29, 1.82) is 0 Å². The van der Waals surface area contributed by atoms with E-state index in [1.165, 1.54) is 11.5 Å². The lowest BCUT2D eigenvalue weighted by Gasteiger charge is -2.01. The highest BCUT2D eigenvalue weighted by atomic mass is 32.1. The van der Waals surface area contributed by atoms with Crippen LogP contribution in [-0.4, -0.2) is 21.1 Å². The van der Waals surface area contributed by atoms with Gasteiger partial charge in [0.2, 0.25) is 0 Å². The minimum atomic E-state index is 0.781. The zero-order chi connectivity index (χ0) is 10.3. The Labute approximate surface area is 92.5 Å². The molecule has 0 amide bonds. The molecular formula is C10H12N4S. The van der Waals surface area contributed by atoms with Gasteiger partial charge in [0.1, 0.15) is 0 Å². The van der Waals surface area contributed by atoms with E-state index in [1.54, 1.807) is 0 Å². The molecule has 2 rings (SSSR count). The van der Waals surface area contributed by atoms with Gasteiger partial charge in [0, 0.05) is 36.8 Å². The molecule has 5 heteroatoms. The standard InChI is InChI=1S/C10H12N4S/c1-2-5-12-9(3-1)4-6-11-7-10-8-15-14-13-10/h1-3,5,8,11H,4,6-7H2. The molecule has 1 N–H and O–H groups in total.